The first kappa shape index (κ1) is 17.1. The maximum atomic E-state index is 13.1. The molecule has 2 atom stereocenters. The summed E-state index contributed by atoms with van der Waals surface area (Å²) < 4.78 is 14.7. The molecule has 1 aliphatic rings. The third-order valence-electron chi connectivity index (χ3n) is 4.29. The third-order valence-corrected chi connectivity index (χ3v) is 7.10. The van der Waals surface area contributed by atoms with Gasteiger partial charge in [-0.3, -0.25) is 10.0 Å². The Morgan fingerprint density at radius 1 is 1.12 bits per heavy atom. The number of nitrogens with one attached hydrogen (secondary N) is 1. The number of carbonyl (C=O) groups excluding carboxylic acids is 1. The van der Waals surface area contributed by atoms with E-state index in [0.717, 1.165) is 20.2 Å². The summed E-state index contributed by atoms with van der Waals surface area (Å²) in [7, 11) is -1.47. The number of carbonyl (C=O) groups is 1. The zero-order chi connectivity index (χ0) is 18.1. The van der Waals surface area contributed by atoms with Gasteiger partial charge in [0, 0.05) is 16.3 Å². The monoisotopic (exact) mass is 384 g/mol. The topological polar surface area (TPSA) is 69.6 Å². The number of nitrogens with zero attached hydrogens (tertiary/aromatic N) is 1. The van der Waals surface area contributed by atoms with E-state index in [1.807, 2.05) is 54.6 Å². The quantitative estimate of drug-likeness (QED) is 0.534. The van der Waals surface area contributed by atoms with Crippen molar-refractivity contribution in [1.29, 1.82) is 0 Å². The van der Waals surface area contributed by atoms with Crippen molar-refractivity contribution in [3.8, 4) is 10.4 Å². The molecule has 26 heavy (non-hydrogen) atoms. The summed E-state index contributed by atoms with van der Waals surface area (Å²) in [4.78, 5) is 15.1. The molecule has 7 heteroatoms. The van der Waals surface area contributed by atoms with Crippen LogP contribution in [0.15, 0.2) is 71.6 Å². The van der Waals surface area contributed by atoms with Crippen LogP contribution in [0.3, 0.4) is 0 Å². The smallest absolute Gasteiger partial charge is 0.266 e. The van der Waals surface area contributed by atoms with Crippen LogP contribution in [0.1, 0.15) is 16.5 Å². The van der Waals surface area contributed by atoms with Gasteiger partial charge in [0.1, 0.15) is 17.0 Å². The van der Waals surface area contributed by atoms with Crippen molar-refractivity contribution in [1.82, 2.24) is 9.79 Å². The Morgan fingerprint density at radius 3 is 2.38 bits per heavy atom. The van der Waals surface area contributed by atoms with E-state index >= 15 is 0 Å². The summed E-state index contributed by atoms with van der Waals surface area (Å²) in [5, 5.41) is 9.15. The van der Waals surface area contributed by atoms with Gasteiger partial charge in [-0.15, -0.1) is 11.3 Å². The summed E-state index contributed by atoms with van der Waals surface area (Å²) >= 11 is 1.59. The predicted octanol–water partition coefficient (Wildman–Crippen LogP) is 3.50. The highest BCUT2D eigenvalue weighted by molar-refractivity contribution is 7.83. The van der Waals surface area contributed by atoms with Gasteiger partial charge in [-0.05, 0) is 17.2 Å². The van der Waals surface area contributed by atoms with E-state index in [4.69, 9.17) is 5.21 Å². The summed E-state index contributed by atoms with van der Waals surface area (Å²) in [6.45, 7) is 0.395. The lowest BCUT2D eigenvalue weighted by Gasteiger charge is -2.24. The Hall–Kier alpha value is -2.32. The Labute approximate surface area is 157 Å². The molecule has 2 aromatic carbocycles. The van der Waals surface area contributed by atoms with E-state index in [2.05, 4.69) is 0 Å². The Morgan fingerprint density at radius 2 is 1.77 bits per heavy atom. The molecule has 2 N–H and O–H groups in total. The van der Waals surface area contributed by atoms with Gasteiger partial charge in [-0.25, -0.2) is 9.69 Å². The van der Waals surface area contributed by atoms with Crippen molar-refractivity contribution in [2.75, 3.05) is 0 Å². The van der Waals surface area contributed by atoms with Crippen LogP contribution in [-0.4, -0.2) is 19.6 Å². The van der Waals surface area contributed by atoms with Crippen molar-refractivity contribution in [2.24, 2.45) is 0 Å². The van der Waals surface area contributed by atoms with Gasteiger partial charge < -0.3 is 0 Å². The van der Waals surface area contributed by atoms with Crippen LogP contribution in [0.5, 0.6) is 0 Å². The first-order valence-corrected chi connectivity index (χ1v) is 9.97. The second-order valence-corrected chi connectivity index (χ2v) is 8.42. The van der Waals surface area contributed by atoms with Crippen LogP contribution in [0, 0.1) is 0 Å². The lowest BCUT2D eigenvalue weighted by Crippen LogP contribution is -2.37. The molecule has 2 heterocycles. The van der Waals surface area contributed by atoms with Crippen molar-refractivity contribution >= 4 is 28.2 Å². The van der Waals surface area contributed by atoms with Gasteiger partial charge in [0.05, 0.1) is 4.90 Å². The van der Waals surface area contributed by atoms with Crippen LogP contribution in [0.4, 0.5) is 0 Å². The van der Waals surface area contributed by atoms with E-state index in [1.165, 1.54) is 0 Å². The molecular weight excluding hydrogens is 368 g/mol. The van der Waals surface area contributed by atoms with Crippen molar-refractivity contribution in [3.63, 3.8) is 0 Å². The number of hydroxylamine groups is 1. The fraction of sp³-hybridized carbons (Fsp3) is 0.105. The predicted molar refractivity (Wildman–Crippen MR) is 101 cm³/mol. The molecule has 1 aromatic heterocycles. The number of thiophene rings is 1. The maximum absolute atomic E-state index is 13.1. The van der Waals surface area contributed by atoms with Gasteiger partial charge in [0.2, 0.25) is 0 Å². The minimum Gasteiger partial charge on any atom is -0.289 e. The summed E-state index contributed by atoms with van der Waals surface area (Å²) in [5.41, 5.74) is 3.48. The largest absolute Gasteiger partial charge is 0.289 e. The van der Waals surface area contributed by atoms with Gasteiger partial charge in [-0.2, -0.15) is 4.31 Å². The number of benzene rings is 2. The Bertz CT molecular complexity index is 957. The van der Waals surface area contributed by atoms with E-state index in [9.17, 15) is 9.00 Å². The third kappa shape index (κ3) is 2.99. The van der Waals surface area contributed by atoms with Crippen LogP contribution < -0.4 is 5.48 Å². The molecular formula is C19H16N2O3S2. The molecule has 4 rings (SSSR count). The standard InChI is InChI=1S/C19H16N2O3S2/c22-19(20-23)18(14-9-5-2-6-10-14)21-12-16-17(26(21)24)11-15(25-16)13-7-3-1-4-8-13/h1-11,18,23H,12H2,(H,20,22). The molecule has 132 valence electrons. The number of amides is 1. The molecule has 0 bridgehead atoms. The fourth-order valence-corrected chi connectivity index (χ4v) is 6.01. The normalized spacial score (nSPS) is 17.7. The number of fused-ring (bicyclic) bond motifs is 1. The van der Waals surface area contributed by atoms with Crippen molar-refractivity contribution in [3.05, 3.63) is 77.2 Å². The molecule has 0 aliphatic carbocycles. The Balaban J connectivity index is 1.67. The van der Waals surface area contributed by atoms with Crippen LogP contribution in [0.25, 0.3) is 10.4 Å². The Kier molecular flexibility index (Phi) is 4.69. The zero-order valence-electron chi connectivity index (χ0n) is 13.7. The number of rotatable bonds is 4. The highest BCUT2D eigenvalue weighted by atomic mass is 32.2. The fourth-order valence-electron chi connectivity index (χ4n) is 3.07. The number of hydrogen-bond acceptors (Lipinski definition) is 4. The van der Waals surface area contributed by atoms with Crippen LogP contribution in [-0.2, 0) is 22.3 Å². The first-order valence-electron chi connectivity index (χ1n) is 8.04. The zero-order valence-corrected chi connectivity index (χ0v) is 15.3. The molecule has 2 unspecified atom stereocenters. The van der Waals surface area contributed by atoms with E-state index in [-0.39, 0.29) is 0 Å². The lowest BCUT2D eigenvalue weighted by molar-refractivity contribution is -0.133. The van der Waals surface area contributed by atoms with E-state index in [1.54, 1.807) is 33.3 Å². The molecule has 5 nitrogen and oxygen atoms in total. The first-order chi connectivity index (χ1) is 12.7. The minimum absolute atomic E-state index is 0.395. The average molecular weight is 384 g/mol. The van der Waals surface area contributed by atoms with Crippen LogP contribution in [0.2, 0.25) is 0 Å². The molecule has 0 spiro atoms. The summed E-state index contributed by atoms with van der Waals surface area (Å²) in [5.74, 6) is -0.594. The minimum atomic E-state index is -1.47. The highest BCUT2D eigenvalue weighted by Gasteiger charge is 2.39. The molecule has 1 amide bonds. The van der Waals surface area contributed by atoms with Gasteiger partial charge in [-0.1, -0.05) is 60.7 Å². The summed E-state index contributed by atoms with van der Waals surface area (Å²) in [6, 6.07) is 20.1. The van der Waals surface area contributed by atoms with E-state index < -0.39 is 22.9 Å². The van der Waals surface area contributed by atoms with Crippen LogP contribution >= 0.6 is 11.3 Å². The molecule has 0 saturated heterocycles. The van der Waals surface area contributed by atoms with Gasteiger partial charge in [0.15, 0.2) is 0 Å². The molecule has 3 aromatic rings. The maximum Gasteiger partial charge on any atom is 0.266 e. The number of hydrogen-bond donors (Lipinski definition) is 2. The van der Waals surface area contributed by atoms with Gasteiger partial charge in [0.25, 0.3) is 5.91 Å². The van der Waals surface area contributed by atoms with Gasteiger partial charge >= 0.3 is 0 Å². The molecule has 0 radical (unpaired) electrons. The average Bonchev–Trinajstić information content (AvgIpc) is 3.23. The SMILES string of the molecule is O=C(NO)C(c1ccccc1)N1Cc2sc(-c3ccccc3)cc2S1=O. The van der Waals surface area contributed by atoms with Crippen molar-refractivity contribution < 1.29 is 14.2 Å². The molecule has 0 saturated carbocycles. The van der Waals surface area contributed by atoms with Crippen molar-refractivity contribution in [2.45, 2.75) is 17.5 Å². The van der Waals surface area contributed by atoms with E-state index in [0.29, 0.717) is 12.1 Å². The highest BCUT2D eigenvalue weighted by Crippen LogP contribution is 2.42. The molecule has 0 fully saturated rings. The second-order valence-electron chi connectivity index (χ2n) is 5.88. The second kappa shape index (κ2) is 7.13. The summed E-state index contributed by atoms with van der Waals surface area (Å²) in [6.07, 6.45) is 0. The lowest BCUT2D eigenvalue weighted by atomic mass is 10.1. The molecule has 1 aliphatic heterocycles.